The maximum absolute atomic E-state index is 2.45. The third-order valence-corrected chi connectivity index (χ3v) is 8.97. The maximum atomic E-state index is 2.45. The Labute approximate surface area is 247 Å². The molecule has 0 spiro atoms. The average molecular weight is 546 g/mol. The second-order valence-corrected chi connectivity index (χ2v) is 12.9. The van der Waals surface area contributed by atoms with Gasteiger partial charge in [0.2, 0.25) is 6.33 Å². The summed E-state index contributed by atoms with van der Waals surface area (Å²) in [4.78, 5) is 0. The molecule has 0 fully saturated rings. The van der Waals surface area contributed by atoms with Crippen LogP contribution in [0.3, 0.4) is 0 Å². The van der Waals surface area contributed by atoms with E-state index in [1.807, 2.05) is 0 Å². The van der Waals surface area contributed by atoms with Crippen molar-refractivity contribution in [3.63, 3.8) is 0 Å². The fourth-order valence-corrected chi connectivity index (χ4v) is 6.08. The minimum Gasteiger partial charge on any atom is -0.237 e. The fraction of sp³-hybridized carbons (Fsp3) is 0.919. The fourth-order valence-electron chi connectivity index (χ4n) is 6.08. The lowest BCUT2D eigenvalue weighted by Gasteiger charge is -2.08. The number of nitrogens with zero attached hydrogens (tertiary/aromatic N) is 2. The smallest absolute Gasteiger partial charge is 0.237 e. The van der Waals surface area contributed by atoms with Crippen molar-refractivity contribution in [3.8, 4) is 0 Å². The molecule has 0 saturated heterocycles. The third-order valence-electron chi connectivity index (χ3n) is 8.97. The molecule has 0 radical (unpaired) electrons. The van der Waals surface area contributed by atoms with Gasteiger partial charge in [-0.05, 0) is 32.6 Å². The van der Waals surface area contributed by atoms with Gasteiger partial charge in [0.25, 0.3) is 0 Å². The number of aryl methyl sites for hydroxylation is 1. The predicted molar refractivity (Wildman–Crippen MR) is 175 cm³/mol. The van der Waals surface area contributed by atoms with Crippen LogP contribution >= 0.6 is 0 Å². The Morgan fingerprint density at radius 3 is 1.18 bits per heavy atom. The van der Waals surface area contributed by atoms with E-state index in [9.17, 15) is 0 Å². The molecular weight excluding hydrogens is 472 g/mol. The van der Waals surface area contributed by atoms with Crippen LogP contribution in [0.25, 0.3) is 0 Å². The van der Waals surface area contributed by atoms with Gasteiger partial charge in [-0.25, -0.2) is 9.13 Å². The van der Waals surface area contributed by atoms with Crippen molar-refractivity contribution < 1.29 is 4.57 Å². The van der Waals surface area contributed by atoms with Gasteiger partial charge in [-0.3, -0.25) is 0 Å². The van der Waals surface area contributed by atoms with Gasteiger partial charge in [0.1, 0.15) is 12.4 Å². The molecule has 0 bridgehead atoms. The van der Waals surface area contributed by atoms with Crippen molar-refractivity contribution in [1.82, 2.24) is 4.57 Å². The van der Waals surface area contributed by atoms with E-state index in [0.29, 0.717) is 6.04 Å². The van der Waals surface area contributed by atoms with E-state index < -0.39 is 0 Å². The highest BCUT2D eigenvalue weighted by Crippen LogP contribution is 2.17. The minimum atomic E-state index is 0.639. The Hall–Kier alpha value is -0.790. The van der Waals surface area contributed by atoms with Crippen LogP contribution in [0.2, 0.25) is 0 Å². The molecule has 0 aliphatic heterocycles. The first kappa shape index (κ1) is 36.2. The van der Waals surface area contributed by atoms with Crippen molar-refractivity contribution in [3.05, 3.63) is 18.7 Å². The summed E-state index contributed by atoms with van der Waals surface area (Å²) in [7, 11) is 0. The molecule has 1 aromatic heterocycles. The van der Waals surface area contributed by atoms with Gasteiger partial charge in [0.05, 0.1) is 12.6 Å². The largest absolute Gasteiger partial charge is 0.243 e. The summed E-state index contributed by atoms with van der Waals surface area (Å²) in [5, 5.41) is 0. The van der Waals surface area contributed by atoms with E-state index in [1.165, 1.54) is 193 Å². The lowest BCUT2D eigenvalue weighted by atomic mass is 10.0. The van der Waals surface area contributed by atoms with Gasteiger partial charge in [0.15, 0.2) is 0 Å². The molecule has 2 heteroatoms. The lowest BCUT2D eigenvalue weighted by molar-refractivity contribution is -0.697. The quantitative estimate of drug-likeness (QED) is 0.0648. The van der Waals surface area contributed by atoms with Crippen LogP contribution in [0.4, 0.5) is 0 Å². The third kappa shape index (κ3) is 23.6. The molecule has 1 atom stereocenters. The van der Waals surface area contributed by atoms with Crippen molar-refractivity contribution in [2.75, 3.05) is 0 Å². The van der Waals surface area contributed by atoms with Crippen molar-refractivity contribution >= 4 is 0 Å². The summed E-state index contributed by atoms with van der Waals surface area (Å²) in [6.45, 7) is 8.20. The Balaban J connectivity index is 1.85. The van der Waals surface area contributed by atoms with Crippen LogP contribution in [-0.4, -0.2) is 4.57 Å². The minimum absolute atomic E-state index is 0.639. The molecule has 0 N–H and O–H groups in total. The molecule has 0 aliphatic carbocycles. The Morgan fingerprint density at radius 2 is 0.795 bits per heavy atom. The highest BCUT2D eigenvalue weighted by molar-refractivity contribution is 4.72. The molecular formula is C37H73N2+. The van der Waals surface area contributed by atoms with Crippen molar-refractivity contribution in [2.45, 2.75) is 220 Å². The predicted octanol–water partition coefficient (Wildman–Crippen LogP) is 12.7. The van der Waals surface area contributed by atoms with E-state index in [0.717, 1.165) is 0 Å². The second kappa shape index (κ2) is 28.7. The molecule has 0 aliphatic rings. The van der Waals surface area contributed by atoms with E-state index >= 15 is 0 Å². The number of rotatable bonds is 31. The van der Waals surface area contributed by atoms with Crippen molar-refractivity contribution in [2.24, 2.45) is 0 Å². The summed E-state index contributed by atoms with van der Waals surface area (Å²) in [6.07, 6.45) is 48.6. The number of hydrogen-bond donors (Lipinski definition) is 0. The van der Waals surface area contributed by atoms with Gasteiger partial charge < -0.3 is 0 Å². The average Bonchev–Trinajstić information content (AvgIpc) is 3.42. The van der Waals surface area contributed by atoms with Crippen LogP contribution in [0, 0.1) is 0 Å². The second-order valence-electron chi connectivity index (χ2n) is 12.9. The highest BCUT2D eigenvalue weighted by atomic mass is 15.1. The zero-order chi connectivity index (χ0) is 28.1. The molecule has 1 unspecified atom stereocenters. The Bertz CT molecular complexity index is 592. The van der Waals surface area contributed by atoms with Gasteiger partial charge in [-0.15, -0.1) is 0 Å². The first-order valence-electron chi connectivity index (χ1n) is 18.3. The SMILES string of the molecule is CCCCCCCCCCCCCCCCCCCC[n+]1ccn(C(C)CCCCCCCCCCCC)c1. The summed E-state index contributed by atoms with van der Waals surface area (Å²) >= 11 is 0. The number of imidazole rings is 1. The summed E-state index contributed by atoms with van der Waals surface area (Å²) in [5.41, 5.74) is 0. The maximum Gasteiger partial charge on any atom is 0.243 e. The molecule has 0 amide bonds. The lowest BCUT2D eigenvalue weighted by Crippen LogP contribution is -2.31. The van der Waals surface area contributed by atoms with Gasteiger partial charge in [-0.1, -0.05) is 174 Å². The van der Waals surface area contributed by atoms with E-state index in [-0.39, 0.29) is 0 Å². The molecule has 1 aromatic rings. The van der Waals surface area contributed by atoms with Crippen LogP contribution in [0.5, 0.6) is 0 Å². The van der Waals surface area contributed by atoms with E-state index in [4.69, 9.17) is 0 Å². The van der Waals surface area contributed by atoms with Crippen LogP contribution in [0.15, 0.2) is 18.7 Å². The van der Waals surface area contributed by atoms with Crippen LogP contribution in [0.1, 0.15) is 213 Å². The van der Waals surface area contributed by atoms with Gasteiger partial charge >= 0.3 is 0 Å². The van der Waals surface area contributed by atoms with Crippen molar-refractivity contribution in [1.29, 1.82) is 0 Å². The molecule has 0 saturated carbocycles. The molecule has 39 heavy (non-hydrogen) atoms. The summed E-state index contributed by atoms with van der Waals surface area (Å²) in [6, 6.07) is 0.639. The zero-order valence-corrected chi connectivity index (χ0v) is 27.4. The van der Waals surface area contributed by atoms with Gasteiger partial charge in [0, 0.05) is 0 Å². The highest BCUT2D eigenvalue weighted by Gasteiger charge is 2.11. The molecule has 1 rings (SSSR count). The molecule has 2 nitrogen and oxygen atoms in total. The number of unbranched alkanes of at least 4 members (excludes halogenated alkanes) is 26. The first-order chi connectivity index (χ1) is 19.3. The van der Waals surface area contributed by atoms with Gasteiger partial charge in [-0.2, -0.15) is 0 Å². The van der Waals surface area contributed by atoms with E-state index in [1.54, 1.807) is 0 Å². The topological polar surface area (TPSA) is 8.81 Å². The monoisotopic (exact) mass is 546 g/mol. The summed E-state index contributed by atoms with van der Waals surface area (Å²) in [5.74, 6) is 0. The number of hydrogen-bond acceptors (Lipinski definition) is 0. The zero-order valence-electron chi connectivity index (χ0n) is 27.4. The Kier molecular flexibility index (Phi) is 26.7. The van der Waals surface area contributed by atoms with E-state index in [2.05, 4.69) is 48.6 Å². The van der Waals surface area contributed by atoms with Crippen LogP contribution in [-0.2, 0) is 6.54 Å². The molecule has 230 valence electrons. The first-order valence-corrected chi connectivity index (χ1v) is 18.3. The summed E-state index contributed by atoms with van der Waals surface area (Å²) < 4.78 is 4.86. The molecule has 0 aromatic carbocycles. The normalized spacial score (nSPS) is 12.4. The number of aromatic nitrogens is 2. The molecule has 1 heterocycles. The standard InChI is InChI=1S/C37H73N2/c1-4-6-8-10-12-14-16-17-18-19-20-21-22-23-25-27-29-31-33-38-34-35-39(36-38)37(3)32-30-28-26-24-15-13-11-9-7-5-2/h34-37H,4-33H2,1-3H3/q+1. The van der Waals surface area contributed by atoms with Crippen LogP contribution < -0.4 is 4.57 Å². The Morgan fingerprint density at radius 1 is 0.462 bits per heavy atom.